The van der Waals surface area contributed by atoms with Gasteiger partial charge in [-0.15, -0.1) is 0 Å². The van der Waals surface area contributed by atoms with Crippen molar-refractivity contribution in [2.24, 2.45) is 5.92 Å². The molecule has 2 N–H and O–H groups in total. The molecule has 1 aliphatic rings. The molecule has 20 heavy (non-hydrogen) atoms. The number of nitrogens with zero attached hydrogens (tertiary/aromatic N) is 2. The lowest BCUT2D eigenvalue weighted by Crippen LogP contribution is -2.33. The fourth-order valence-electron chi connectivity index (χ4n) is 2.59. The first-order valence-electron chi connectivity index (χ1n) is 6.12. The van der Waals surface area contributed by atoms with Crippen molar-refractivity contribution in [3.63, 3.8) is 0 Å². The molecule has 1 amide bonds. The fraction of sp³-hybridized carbons (Fsp3) is 0.214. The topological polar surface area (TPSA) is 81.6 Å². The van der Waals surface area contributed by atoms with Gasteiger partial charge < -0.3 is 5.32 Å². The number of halogens is 1. The van der Waals surface area contributed by atoms with E-state index in [1.54, 1.807) is 12.1 Å². The van der Waals surface area contributed by atoms with E-state index in [1.807, 2.05) is 19.1 Å². The highest BCUT2D eigenvalue weighted by molar-refractivity contribution is 6.30. The van der Waals surface area contributed by atoms with E-state index in [4.69, 9.17) is 11.6 Å². The molecule has 1 aromatic heterocycles. The molecule has 5 nitrogen and oxygen atoms in total. The first-order chi connectivity index (χ1) is 9.61. The number of hydrogen-bond acceptors (Lipinski definition) is 3. The van der Waals surface area contributed by atoms with Gasteiger partial charge in [0, 0.05) is 22.2 Å². The number of aryl methyl sites for hydroxylation is 1. The van der Waals surface area contributed by atoms with Crippen molar-refractivity contribution in [3.8, 4) is 6.07 Å². The van der Waals surface area contributed by atoms with E-state index in [9.17, 15) is 10.1 Å². The van der Waals surface area contributed by atoms with Crippen LogP contribution in [0.15, 0.2) is 24.3 Å². The van der Waals surface area contributed by atoms with Crippen molar-refractivity contribution in [2.45, 2.75) is 12.8 Å². The summed E-state index contributed by atoms with van der Waals surface area (Å²) < 4.78 is 0. The second-order valence-corrected chi connectivity index (χ2v) is 5.17. The Labute approximate surface area is 120 Å². The molecule has 1 aromatic carbocycles. The summed E-state index contributed by atoms with van der Waals surface area (Å²) in [5.74, 6) is -0.940. The quantitative estimate of drug-likeness (QED) is 0.845. The monoisotopic (exact) mass is 286 g/mol. The Balaban J connectivity index is 2.19. The molecule has 0 spiro atoms. The molecule has 2 heterocycles. The number of benzene rings is 1. The van der Waals surface area contributed by atoms with Crippen LogP contribution in [0, 0.1) is 24.2 Å². The summed E-state index contributed by atoms with van der Waals surface area (Å²) in [7, 11) is 0. The van der Waals surface area contributed by atoms with Crippen molar-refractivity contribution in [2.75, 3.05) is 5.32 Å². The Morgan fingerprint density at radius 3 is 2.70 bits per heavy atom. The van der Waals surface area contributed by atoms with Crippen LogP contribution in [-0.2, 0) is 4.79 Å². The molecular weight excluding hydrogens is 276 g/mol. The maximum Gasteiger partial charge on any atom is 0.243 e. The van der Waals surface area contributed by atoms with E-state index in [0.29, 0.717) is 10.8 Å². The van der Waals surface area contributed by atoms with Gasteiger partial charge in [0.05, 0.1) is 6.07 Å². The highest BCUT2D eigenvalue weighted by atomic mass is 35.5. The summed E-state index contributed by atoms with van der Waals surface area (Å²) in [4.78, 5) is 12.0. The van der Waals surface area contributed by atoms with E-state index in [2.05, 4.69) is 21.6 Å². The summed E-state index contributed by atoms with van der Waals surface area (Å²) in [5.41, 5.74) is 2.58. The third kappa shape index (κ3) is 1.86. The number of aromatic amines is 1. The van der Waals surface area contributed by atoms with Crippen molar-refractivity contribution in [3.05, 3.63) is 46.1 Å². The van der Waals surface area contributed by atoms with E-state index >= 15 is 0 Å². The molecule has 0 unspecified atom stereocenters. The molecule has 2 aromatic rings. The van der Waals surface area contributed by atoms with Crippen molar-refractivity contribution in [1.82, 2.24) is 10.2 Å². The van der Waals surface area contributed by atoms with Crippen LogP contribution in [0.3, 0.4) is 0 Å². The molecule has 100 valence electrons. The van der Waals surface area contributed by atoms with Crippen molar-refractivity contribution < 1.29 is 4.79 Å². The SMILES string of the molecule is Cc1[nH]nc2c1[C@@H](c1ccc(Cl)cc1)[C@H](C#N)C(=O)N2. The summed E-state index contributed by atoms with van der Waals surface area (Å²) in [6.45, 7) is 1.88. The molecule has 0 saturated carbocycles. The highest BCUT2D eigenvalue weighted by Gasteiger charge is 2.39. The largest absolute Gasteiger partial charge is 0.308 e. The zero-order chi connectivity index (χ0) is 14.3. The number of anilines is 1. The van der Waals surface area contributed by atoms with Crippen molar-refractivity contribution in [1.29, 1.82) is 5.26 Å². The minimum atomic E-state index is -0.778. The number of carbonyl (C=O) groups is 1. The van der Waals surface area contributed by atoms with Gasteiger partial charge in [-0.1, -0.05) is 23.7 Å². The maximum atomic E-state index is 12.0. The molecule has 6 heteroatoms. The third-order valence-electron chi connectivity index (χ3n) is 3.53. The number of aromatic nitrogens is 2. The van der Waals surface area contributed by atoms with Gasteiger partial charge in [-0.05, 0) is 24.6 Å². The van der Waals surface area contributed by atoms with Gasteiger partial charge >= 0.3 is 0 Å². The van der Waals surface area contributed by atoms with E-state index in [0.717, 1.165) is 16.8 Å². The smallest absolute Gasteiger partial charge is 0.243 e. The maximum absolute atomic E-state index is 12.0. The minimum Gasteiger partial charge on any atom is -0.308 e. The van der Waals surface area contributed by atoms with E-state index in [-0.39, 0.29) is 11.8 Å². The minimum absolute atomic E-state index is 0.327. The number of amides is 1. The number of rotatable bonds is 1. The second-order valence-electron chi connectivity index (χ2n) is 4.74. The zero-order valence-electron chi connectivity index (χ0n) is 10.6. The first-order valence-corrected chi connectivity index (χ1v) is 6.50. The number of fused-ring (bicyclic) bond motifs is 1. The van der Waals surface area contributed by atoms with Crippen LogP contribution in [0.5, 0.6) is 0 Å². The van der Waals surface area contributed by atoms with Gasteiger partial charge in [0.25, 0.3) is 0 Å². The molecule has 2 atom stereocenters. The van der Waals surface area contributed by atoms with Gasteiger partial charge in [0.1, 0.15) is 5.92 Å². The normalized spacial score (nSPS) is 20.9. The van der Waals surface area contributed by atoms with Crippen LogP contribution in [0.4, 0.5) is 5.82 Å². The van der Waals surface area contributed by atoms with Crippen LogP contribution in [0.2, 0.25) is 5.02 Å². The van der Waals surface area contributed by atoms with E-state index in [1.165, 1.54) is 0 Å². The Bertz CT molecular complexity index is 714. The van der Waals surface area contributed by atoms with E-state index < -0.39 is 5.92 Å². The predicted octanol–water partition coefficient (Wildman–Crippen LogP) is 2.60. The molecule has 0 bridgehead atoms. The average molecular weight is 287 g/mol. The predicted molar refractivity (Wildman–Crippen MR) is 74.4 cm³/mol. The Morgan fingerprint density at radius 1 is 1.35 bits per heavy atom. The van der Waals surface area contributed by atoms with Gasteiger partial charge in [0.2, 0.25) is 5.91 Å². The number of hydrogen-bond donors (Lipinski definition) is 2. The zero-order valence-corrected chi connectivity index (χ0v) is 11.4. The average Bonchev–Trinajstić information content (AvgIpc) is 2.79. The van der Waals surface area contributed by atoms with Gasteiger partial charge in [-0.2, -0.15) is 10.4 Å². The number of H-pyrrole nitrogens is 1. The van der Waals surface area contributed by atoms with Gasteiger partial charge in [0.15, 0.2) is 5.82 Å². The van der Waals surface area contributed by atoms with Crippen LogP contribution in [0.1, 0.15) is 22.7 Å². The molecule has 0 aliphatic carbocycles. The van der Waals surface area contributed by atoms with Crippen LogP contribution >= 0.6 is 11.6 Å². The second kappa shape index (κ2) is 4.66. The highest BCUT2D eigenvalue weighted by Crippen LogP contribution is 2.41. The summed E-state index contributed by atoms with van der Waals surface area (Å²) in [6, 6.07) is 9.28. The molecule has 0 fully saturated rings. The number of nitriles is 1. The molecule has 3 rings (SSSR count). The lowest BCUT2D eigenvalue weighted by molar-refractivity contribution is -0.119. The number of nitrogens with one attached hydrogen (secondary N) is 2. The molecule has 0 radical (unpaired) electrons. The molecule has 0 saturated heterocycles. The summed E-state index contributed by atoms with van der Waals surface area (Å²) in [6.07, 6.45) is 0. The Morgan fingerprint density at radius 2 is 2.05 bits per heavy atom. The molecule has 1 aliphatic heterocycles. The summed E-state index contributed by atoms with van der Waals surface area (Å²) >= 11 is 5.90. The lowest BCUT2D eigenvalue weighted by atomic mass is 9.78. The lowest BCUT2D eigenvalue weighted by Gasteiger charge is -2.27. The van der Waals surface area contributed by atoms with Crippen molar-refractivity contribution >= 4 is 23.3 Å². The number of carbonyl (C=O) groups excluding carboxylic acids is 1. The van der Waals surface area contributed by atoms with Crippen LogP contribution in [-0.4, -0.2) is 16.1 Å². The van der Waals surface area contributed by atoms with Crippen LogP contribution in [0.25, 0.3) is 0 Å². The van der Waals surface area contributed by atoms with Gasteiger partial charge in [-0.25, -0.2) is 0 Å². The Kier molecular flexibility index (Phi) is 2.96. The standard InChI is InChI=1S/C14H11ClN4O/c1-7-11-12(8-2-4-9(15)5-3-8)10(6-16)14(20)17-13(11)19-18-7/h2-5,10,12H,1H3,(H2,17,18,19,20)/t10-,12-/m0/s1. The van der Waals surface area contributed by atoms with Gasteiger partial charge in [-0.3, -0.25) is 9.89 Å². The molecular formula is C14H11ClN4O. The fourth-order valence-corrected chi connectivity index (χ4v) is 2.71. The first kappa shape index (κ1) is 12.7. The van der Waals surface area contributed by atoms with Crippen LogP contribution < -0.4 is 5.32 Å². The third-order valence-corrected chi connectivity index (χ3v) is 3.78. The summed E-state index contributed by atoms with van der Waals surface area (Å²) in [5, 5.41) is 19.5. The Hall–Kier alpha value is -2.32.